The third-order valence-corrected chi connectivity index (χ3v) is 5.26. The van der Waals surface area contributed by atoms with Crippen molar-refractivity contribution in [2.24, 2.45) is 0 Å². The maximum atomic E-state index is 12.6. The fourth-order valence-electron chi connectivity index (χ4n) is 3.51. The Hall–Kier alpha value is -2.70. The summed E-state index contributed by atoms with van der Waals surface area (Å²) in [6, 6.07) is 18.5. The summed E-state index contributed by atoms with van der Waals surface area (Å²) in [5.74, 6) is 0.800. The molecule has 6 heteroatoms. The van der Waals surface area contributed by atoms with Crippen LogP contribution in [0, 0.1) is 11.7 Å². The van der Waals surface area contributed by atoms with Gasteiger partial charge in [0.05, 0.1) is 17.9 Å². The summed E-state index contributed by atoms with van der Waals surface area (Å²) in [7, 11) is 0. The van der Waals surface area contributed by atoms with Crippen molar-refractivity contribution < 1.29 is 0 Å². The molecule has 0 saturated heterocycles. The Balaban J connectivity index is 1.64. The molecule has 138 valence electrons. The molecule has 0 fully saturated rings. The summed E-state index contributed by atoms with van der Waals surface area (Å²) in [6.45, 7) is 4.22. The first-order chi connectivity index (χ1) is 13.1. The topological polar surface area (TPSA) is 53.1 Å². The van der Waals surface area contributed by atoms with Gasteiger partial charge in [-0.3, -0.25) is 19.2 Å². The van der Waals surface area contributed by atoms with Crippen LogP contribution in [0.4, 0.5) is 5.82 Å². The van der Waals surface area contributed by atoms with Crippen LogP contribution in [0.25, 0.3) is 5.69 Å². The number of nitrogens with zero attached hydrogens (tertiary/aromatic N) is 2. The summed E-state index contributed by atoms with van der Waals surface area (Å²) in [5, 5.41) is 3.43. The van der Waals surface area contributed by atoms with Crippen LogP contribution in [0.15, 0.2) is 59.4 Å². The Morgan fingerprint density at radius 2 is 1.81 bits per heavy atom. The molecule has 27 heavy (non-hydrogen) atoms. The molecular weight excluding hydrogens is 356 g/mol. The van der Waals surface area contributed by atoms with E-state index < -0.39 is 0 Å². The highest BCUT2D eigenvalue weighted by Crippen LogP contribution is 2.25. The van der Waals surface area contributed by atoms with Crippen LogP contribution in [-0.2, 0) is 13.0 Å². The fraction of sp³-hybridized carbons (Fsp3) is 0.238. The molecule has 2 heterocycles. The molecule has 3 aromatic rings. The van der Waals surface area contributed by atoms with Crippen molar-refractivity contribution in [2.75, 3.05) is 18.5 Å². The number of aromatic amines is 1. The number of nitrogens with one attached hydrogen (secondary N) is 2. The minimum atomic E-state index is -0.114. The zero-order valence-corrected chi connectivity index (χ0v) is 16.1. The lowest BCUT2D eigenvalue weighted by atomic mass is 10.1. The van der Waals surface area contributed by atoms with Crippen LogP contribution in [0.3, 0.4) is 0 Å². The van der Waals surface area contributed by atoms with Crippen LogP contribution in [-0.4, -0.2) is 27.7 Å². The van der Waals surface area contributed by atoms with E-state index in [0.717, 1.165) is 35.6 Å². The average Bonchev–Trinajstić information content (AvgIpc) is 2.69. The lowest BCUT2D eigenvalue weighted by molar-refractivity contribution is 0.276. The van der Waals surface area contributed by atoms with Crippen LogP contribution in [0.2, 0.25) is 0 Å². The quantitative estimate of drug-likeness (QED) is 0.681. The Bertz CT molecular complexity index is 1070. The van der Waals surface area contributed by atoms with Crippen molar-refractivity contribution in [1.29, 1.82) is 0 Å². The summed E-state index contributed by atoms with van der Waals surface area (Å²) in [6.07, 6.45) is 0.951. The highest BCUT2D eigenvalue weighted by molar-refractivity contribution is 7.71. The van der Waals surface area contributed by atoms with E-state index in [1.807, 2.05) is 41.8 Å². The van der Waals surface area contributed by atoms with Gasteiger partial charge in [-0.1, -0.05) is 48.5 Å². The second-order valence-electron chi connectivity index (χ2n) is 6.83. The monoisotopic (exact) mass is 378 g/mol. The number of hydrogen-bond acceptors (Lipinski definition) is 4. The molecular formula is C21H22N4OS. The standard InChI is InChI=1S/C21H22N4OS/c1-15-7-5-6-10-18(15)25-19-17(20(26)23-21(25)27)13-24(14-22-19)12-11-16-8-3-2-4-9-16/h2-10,22H,11-14H2,1H3,(H,23,26,27). The molecule has 0 radical (unpaired) electrons. The highest BCUT2D eigenvalue weighted by Gasteiger charge is 2.22. The van der Waals surface area contributed by atoms with Gasteiger partial charge in [0.1, 0.15) is 5.82 Å². The second-order valence-corrected chi connectivity index (χ2v) is 7.22. The number of aromatic nitrogens is 2. The second kappa shape index (κ2) is 7.50. The number of hydrogen-bond donors (Lipinski definition) is 2. The zero-order chi connectivity index (χ0) is 18.8. The summed E-state index contributed by atoms with van der Waals surface area (Å²) in [4.78, 5) is 17.7. The molecule has 4 rings (SSSR count). The van der Waals surface area contributed by atoms with E-state index in [1.54, 1.807) is 0 Å². The highest BCUT2D eigenvalue weighted by atomic mass is 32.1. The van der Waals surface area contributed by atoms with Gasteiger partial charge in [-0.2, -0.15) is 0 Å². The minimum Gasteiger partial charge on any atom is -0.358 e. The van der Waals surface area contributed by atoms with Gasteiger partial charge < -0.3 is 5.32 Å². The number of fused-ring (bicyclic) bond motifs is 1. The van der Waals surface area contributed by atoms with Gasteiger partial charge in [0.25, 0.3) is 5.56 Å². The van der Waals surface area contributed by atoms with Gasteiger partial charge in [-0.25, -0.2) is 0 Å². The average molecular weight is 379 g/mol. The van der Waals surface area contributed by atoms with Crippen molar-refractivity contribution in [3.63, 3.8) is 0 Å². The number of para-hydroxylation sites is 1. The molecule has 0 spiro atoms. The van der Waals surface area contributed by atoms with E-state index in [0.29, 0.717) is 18.0 Å². The molecule has 5 nitrogen and oxygen atoms in total. The first-order valence-corrected chi connectivity index (χ1v) is 9.48. The molecule has 0 saturated carbocycles. The van der Waals surface area contributed by atoms with Crippen molar-refractivity contribution >= 4 is 18.0 Å². The molecule has 2 aromatic carbocycles. The van der Waals surface area contributed by atoms with Crippen molar-refractivity contribution in [3.8, 4) is 5.69 Å². The lowest BCUT2D eigenvalue weighted by Crippen LogP contribution is -2.40. The van der Waals surface area contributed by atoms with Gasteiger partial charge in [-0.05, 0) is 42.8 Å². The van der Waals surface area contributed by atoms with Gasteiger partial charge in [0.15, 0.2) is 4.77 Å². The van der Waals surface area contributed by atoms with Crippen LogP contribution in [0.1, 0.15) is 16.7 Å². The Kier molecular flexibility index (Phi) is 4.92. The Labute approximate surface area is 163 Å². The normalized spacial score (nSPS) is 13.8. The van der Waals surface area contributed by atoms with Gasteiger partial charge in [0.2, 0.25) is 0 Å². The van der Waals surface area contributed by atoms with E-state index >= 15 is 0 Å². The number of aryl methyl sites for hydroxylation is 1. The smallest absolute Gasteiger partial charge is 0.258 e. The molecule has 1 aliphatic rings. The molecule has 2 N–H and O–H groups in total. The molecule has 1 aliphatic heterocycles. The van der Waals surface area contributed by atoms with Crippen LogP contribution < -0.4 is 10.9 Å². The number of rotatable bonds is 4. The first kappa shape index (κ1) is 17.7. The van der Waals surface area contributed by atoms with Gasteiger partial charge >= 0.3 is 0 Å². The Morgan fingerprint density at radius 3 is 2.59 bits per heavy atom. The van der Waals surface area contributed by atoms with Crippen molar-refractivity contribution in [1.82, 2.24) is 14.5 Å². The largest absolute Gasteiger partial charge is 0.358 e. The molecule has 0 unspecified atom stereocenters. The van der Waals surface area contributed by atoms with E-state index in [4.69, 9.17) is 12.2 Å². The molecule has 0 atom stereocenters. The maximum absolute atomic E-state index is 12.6. The SMILES string of the molecule is Cc1ccccc1-n1c2c(c(=O)[nH]c1=S)CN(CCc1ccccc1)CN2. The summed E-state index contributed by atoms with van der Waals surface area (Å²) < 4.78 is 2.36. The maximum Gasteiger partial charge on any atom is 0.258 e. The molecule has 0 aliphatic carbocycles. The van der Waals surface area contributed by atoms with Crippen molar-refractivity contribution in [2.45, 2.75) is 19.9 Å². The van der Waals surface area contributed by atoms with Gasteiger partial charge in [0, 0.05) is 13.1 Å². The zero-order valence-electron chi connectivity index (χ0n) is 15.2. The van der Waals surface area contributed by atoms with Crippen molar-refractivity contribution in [3.05, 3.63) is 86.4 Å². The van der Waals surface area contributed by atoms with E-state index in [1.165, 1.54) is 5.56 Å². The molecule has 0 bridgehead atoms. The third kappa shape index (κ3) is 3.59. The number of H-pyrrole nitrogens is 1. The summed E-state index contributed by atoms with van der Waals surface area (Å²) in [5.41, 5.74) is 4.01. The fourth-order valence-corrected chi connectivity index (χ4v) is 3.79. The first-order valence-electron chi connectivity index (χ1n) is 9.08. The van der Waals surface area contributed by atoms with Gasteiger partial charge in [-0.15, -0.1) is 0 Å². The minimum absolute atomic E-state index is 0.114. The predicted molar refractivity (Wildman–Crippen MR) is 111 cm³/mol. The third-order valence-electron chi connectivity index (χ3n) is 4.97. The Morgan fingerprint density at radius 1 is 1.07 bits per heavy atom. The van der Waals surface area contributed by atoms with E-state index in [9.17, 15) is 4.79 Å². The number of anilines is 1. The lowest BCUT2D eigenvalue weighted by Gasteiger charge is -2.31. The molecule has 0 amide bonds. The van der Waals surface area contributed by atoms with Crippen LogP contribution in [0.5, 0.6) is 0 Å². The van der Waals surface area contributed by atoms with E-state index in [2.05, 4.69) is 39.5 Å². The summed E-state index contributed by atoms with van der Waals surface area (Å²) >= 11 is 5.46. The predicted octanol–water partition coefficient (Wildman–Crippen LogP) is 3.63. The molecule has 1 aromatic heterocycles. The van der Waals surface area contributed by atoms with E-state index in [-0.39, 0.29) is 5.56 Å². The number of benzene rings is 2. The van der Waals surface area contributed by atoms with Crippen LogP contribution >= 0.6 is 12.2 Å².